The van der Waals surface area contributed by atoms with Crippen molar-refractivity contribution in [1.82, 2.24) is 0 Å². The molecule has 0 heterocycles. The molecule has 0 aromatic carbocycles. The molecular formula is C4H7F2O3P. The fraction of sp³-hybridized carbons (Fsp3) is 0.750. The fourth-order valence-corrected chi connectivity index (χ4v) is 0.630. The molecule has 0 aliphatic rings. The van der Waals surface area contributed by atoms with Crippen LogP contribution in [0.2, 0.25) is 0 Å². The second-order valence-corrected chi connectivity index (χ2v) is 2.99. The Bertz CT molecular complexity index is 173. The van der Waals surface area contributed by atoms with Crippen molar-refractivity contribution in [2.45, 2.75) is 13.8 Å². The molecule has 0 radical (unpaired) electrons. The van der Waals surface area contributed by atoms with Crippen LogP contribution < -0.4 is 0 Å². The highest BCUT2D eigenvalue weighted by atomic mass is 31.2. The normalized spacial score (nSPS) is 11.7. The van der Waals surface area contributed by atoms with Gasteiger partial charge in [0.25, 0.3) is 0 Å². The maximum atomic E-state index is 11.4. The molecule has 6 heteroatoms. The lowest BCUT2D eigenvalue weighted by atomic mass is 10.2. The summed E-state index contributed by atoms with van der Waals surface area (Å²) in [4.78, 5) is 10.3. The average molecular weight is 172 g/mol. The van der Waals surface area contributed by atoms with Gasteiger partial charge in [0.15, 0.2) is 0 Å². The topological polar surface area (TPSA) is 43.4 Å². The van der Waals surface area contributed by atoms with Gasteiger partial charge in [0.2, 0.25) is 0 Å². The molecule has 0 aliphatic carbocycles. The fourth-order valence-electron chi connectivity index (χ4n) is 0.210. The van der Waals surface area contributed by atoms with Crippen LogP contribution in [-0.4, -0.2) is 5.97 Å². The van der Waals surface area contributed by atoms with Gasteiger partial charge >= 0.3 is 14.0 Å². The van der Waals surface area contributed by atoms with Gasteiger partial charge in [-0.2, -0.15) is 0 Å². The lowest BCUT2D eigenvalue weighted by Crippen LogP contribution is -2.07. The molecule has 0 aliphatic heterocycles. The van der Waals surface area contributed by atoms with Crippen LogP contribution >= 0.6 is 7.99 Å². The molecule has 0 atom stereocenters. The molecule has 0 saturated heterocycles. The Morgan fingerprint density at radius 3 is 2.00 bits per heavy atom. The van der Waals surface area contributed by atoms with Gasteiger partial charge in [-0.05, 0) is 0 Å². The lowest BCUT2D eigenvalue weighted by molar-refractivity contribution is -0.138. The summed E-state index contributed by atoms with van der Waals surface area (Å²) < 4.78 is 35.7. The molecule has 0 saturated carbocycles. The zero-order valence-corrected chi connectivity index (χ0v) is 6.40. The number of halogens is 2. The van der Waals surface area contributed by atoms with Crippen LogP contribution in [0, 0.1) is 5.92 Å². The minimum atomic E-state index is -5.63. The van der Waals surface area contributed by atoms with E-state index in [9.17, 15) is 17.8 Å². The van der Waals surface area contributed by atoms with Crippen LogP contribution in [0.15, 0.2) is 0 Å². The third-order valence-corrected chi connectivity index (χ3v) is 1.06. The van der Waals surface area contributed by atoms with Crippen LogP contribution in [0.5, 0.6) is 0 Å². The number of carbonyl (C=O) groups excluding carboxylic acids is 1. The van der Waals surface area contributed by atoms with E-state index in [1.165, 1.54) is 13.8 Å². The van der Waals surface area contributed by atoms with Gasteiger partial charge in [-0.3, -0.25) is 4.79 Å². The molecule has 0 aromatic heterocycles. The summed E-state index contributed by atoms with van der Waals surface area (Å²) in [6.45, 7) is 2.75. The maximum Gasteiger partial charge on any atom is 0.612 e. The number of hydrogen-bond acceptors (Lipinski definition) is 3. The third kappa shape index (κ3) is 4.44. The van der Waals surface area contributed by atoms with Crippen molar-refractivity contribution in [2.75, 3.05) is 0 Å². The van der Waals surface area contributed by atoms with Gasteiger partial charge in [-0.15, -0.1) is 8.39 Å². The van der Waals surface area contributed by atoms with Gasteiger partial charge in [0.05, 0.1) is 5.92 Å². The molecule has 10 heavy (non-hydrogen) atoms. The highest BCUT2D eigenvalue weighted by molar-refractivity contribution is 7.48. The summed E-state index contributed by atoms with van der Waals surface area (Å²) in [5.41, 5.74) is 0. The molecule has 3 nitrogen and oxygen atoms in total. The first-order valence-corrected chi connectivity index (χ1v) is 3.96. The molecule has 0 fully saturated rings. The number of rotatable bonds is 2. The first-order valence-electron chi connectivity index (χ1n) is 2.55. The highest BCUT2D eigenvalue weighted by Gasteiger charge is 2.27. The number of carbonyl (C=O) groups is 1. The highest BCUT2D eigenvalue weighted by Crippen LogP contribution is 2.50. The molecule has 0 aromatic rings. The Morgan fingerprint density at radius 1 is 1.50 bits per heavy atom. The van der Waals surface area contributed by atoms with Crippen molar-refractivity contribution in [3.05, 3.63) is 0 Å². The predicted octanol–water partition coefficient (Wildman–Crippen LogP) is 2.23. The second kappa shape index (κ2) is 3.10. The zero-order valence-electron chi connectivity index (χ0n) is 5.51. The summed E-state index contributed by atoms with van der Waals surface area (Å²) >= 11 is 0. The first-order chi connectivity index (χ1) is 4.33. The average Bonchev–Trinajstić information content (AvgIpc) is 1.60. The second-order valence-electron chi connectivity index (χ2n) is 1.98. The van der Waals surface area contributed by atoms with E-state index >= 15 is 0 Å². The quantitative estimate of drug-likeness (QED) is 0.599. The largest absolute Gasteiger partial charge is 0.612 e. The summed E-state index contributed by atoms with van der Waals surface area (Å²) in [5, 5.41) is 0. The summed E-state index contributed by atoms with van der Waals surface area (Å²) in [6, 6.07) is 0. The molecule has 60 valence electrons. The first kappa shape index (κ1) is 9.56. The van der Waals surface area contributed by atoms with E-state index in [0.717, 1.165) is 0 Å². The van der Waals surface area contributed by atoms with E-state index in [4.69, 9.17) is 0 Å². The van der Waals surface area contributed by atoms with Gasteiger partial charge in [0.1, 0.15) is 0 Å². The van der Waals surface area contributed by atoms with Crippen LogP contribution in [0.4, 0.5) is 8.39 Å². The van der Waals surface area contributed by atoms with Crippen LogP contribution in [-0.2, 0) is 13.9 Å². The smallest absolute Gasteiger partial charge is 0.364 e. The van der Waals surface area contributed by atoms with Gasteiger partial charge in [-0.25, -0.2) is 4.57 Å². The lowest BCUT2D eigenvalue weighted by Gasteiger charge is -2.02. The molecule has 0 spiro atoms. The third-order valence-electron chi connectivity index (χ3n) is 0.668. The van der Waals surface area contributed by atoms with Crippen LogP contribution in [0.25, 0.3) is 0 Å². The van der Waals surface area contributed by atoms with Crippen LogP contribution in [0.1, 0.15) is 13.8 Å². The molecular weight excluding hydrogens is 165 g/mol. The Hall–Kier alpha value is -0.440. The monoisotopic (exact) mass is 172 g/mol. The standard InChI is InChI=1S/C4H7F2O3P/c1-3(2)4(7)9-10(5,6)8/h3H,1-2H3. The van der Waals surface area contributed by atoms with E-state index in [0.29, 0.717) is 0 Å². The Kier molecular flexibility index (Phi) is 2.96. The van der Waals surface area contributed by atoms with Crippen molar-refractivity contribution in [1.29, 1.82) is 0 Å². The molecule has 0 amide bonds. The summed E-state index contributed by atoms with van der Waals surface area (Å²) in [7, 11) is -5.63. The zero-order chi connectivity index (χ0) is 8.36. The molecule has 0 rings (SSSR count). The predicted molar refractivity (Wildman–Crippen MR) is 30.8 cm³/mol. The Balaban J connectivity index is 3.94. The van der Waals surface area contributed by atoms with Crippen molar-refractivity contribution >= 4 is 14.0 Å². The van der Waals surface area contributed by atoms with E-state index in [1.807, 2.05) is 0 Å². The summed E-state index contributed by atoms with van der Waals surface area (Å²) in [5.74, 6) is -1.83. The van der Waals surface area contributed by atoms with Crippen molar-refractivity contribution < 1.29 is 22.3 Å². The van der Waals surface area contributed by atoms with Crippen molar-refractivity contribution in [3.8, 4) is 0 Å². The molecule has 0 unspecified atom stereocenters. The SMILES string of the molecule is CC(C)C(=O)OP(=O)(F)F. The van der Waals surface area contributed by atoms with Gasteiger partial charge in [-0.1, -0.05) is 13.8 Å². The number of hydrogen-bond donors (Lipinski definition) is 0. The molecule has 0 N–H and O–H groups in total. The minimum Gasteiger partial charge on any atom is -0.364 e. The summed E-state index contributed by atoms with van der Waals surface area (Å²) in [6.07, 6.45) is 0. The van der Waals surface area contributed by atoms with Gasteiger partial charge < -0.3 is 4.52 Å². The van der Waals surface area contributed by atoms with Crippen LogP contribution in [0.3, 0.4) is 0 Å². The molecule has 0 bridgehead atoms. The van der Waals surface area contributed by atoms with Crippen molar-refractivity contribution in [3.63, 3.8) is 0 Å². The Morgan fingerprint density at radius 2 is 1.90 bits per heavy atom. The van der Waals surface area contributed by atoms with E-state index in [-0.39, 0.29) is 0 Å². The van der Waals surface area contributed by atoms with E-state index in [1.54, 1.807) is 0 Å². The van der Waals surface area contributed by atoms with Crippen molar-refractivity contribution in [2.24, 2.45) is 5.92 Å². The van der Waals surface area contributed by atoms with E-state index < -0.39 is 19.9 Å². The minimum absolute atomic E-state index is 0.681. The van der Waals surface area contributed by atoms with Gasteiger partial charge in [0, 0.05) is 0 Å². The maximum absolute atomic E-state index is 11.4. The van der Waals surface area contributed by atoms with E-state index in [2.05, 4.69) is 4.52 Å². The Labute approximate surface area is 57.1 Å².